The molecule has 15 nitrogen and oxygen atoms in total. The quantitative estimate of drug-likeness (QED) is 0.0760. The van der Waals surface area contributed by atoms with Crippen molar-refractivity contribution < 1.29 is 63.2 Å². The van der Waals surface area contributed by atoms with Gasteiger partial charge in [-0.2, -0.15) is 40.0 Å². The second-order valence-electron chi connectivity index (χ2n) is 38.4. The first kappa shape index (κ1) is 107. The molecule has 0 amide bonds. The van der Waals surface area contributed by atoms with Crippen LogP contribution in [0.1, 0.15) is 275 Å². The maximum Gasteiger partial charge on any atom is 4.00 e. The van der Waals surface area contributed by atoms with E-state index in [-0.39, 0.29) is 63.2 Å². The monoisotopic (exact) mass is 2300 g/mol. The van der Waals surface area contributed by atoms with Gasteiger partial charge in [-0.3, -0.25) is 0 Å². The topological polar surface area (TPSA) is 110 Å². The zero-order chi connectivity index (χ0) is 94.8. The fraction of sp³-hybridized carbons (Fsp3) is 0.360. The van der Waals surface area contributed by atoms with Crippen molar-refractivity contribution in [2.24, 2.45) is 0 Å². The molecule has 0 spiro atoms. The summed E-state index contributed by atoms with van der Waals surface area (Å²) in [6.07, 6.45) is 4.18. The van der Waals surface area contributed by atoms with Crippen molar-refractivity contribution in [1.29, 1.82) is 15.8 Å². The average molecular weight is 2300 g/mol. The van der Waals surface area contributed by atoms with Gasteiger partial charge in [-0.25, -0.2) is 0 Å². The fourth-order valence-electron chi connectivity index (χ4n) is 18.0. The molecule has 696 valence electrons. The molecule has 10 aromatic carbocycles. The molecule has 0 radical (unpaired) electrons. The molecule has 10 aromatic rings. The van der Waals surface area contributed by atoms with Gasteiger partial charge in [0.05, 0.1) is 0 Å². The Morgan fingerprint density at radius 2 is 0.485 bits per heavy atom. The maximum absolute atomic E-state index is 6.25. The van der Waals surface area contributed by atoms with E-state index in [1.807, 2.05) is 0 Å². The number of anilines is 14. The van der Waals surface area contributed by atoms with E-state index >= 15 is 0 Å². The molecule has 6 aliphatic rings. The molecule has 0 fully saturated rings. The van der Waals surface area contributed by atoms with E-state index in [1.165, 1.54) is 174 Å². The number of benzene rings is 10. The molecule has 6 aliphatic heterocycles. The molecule has 0 N–H and O–H groups in total. The number of aryl methyl sites for hydroxylation is 6. The molecular weight excluding hydrogens is 2160 g/mol. The number of allylic oxidation sites excluding steroid dienone is 2. The van der Waals surface area contributed by atoms with Crippen molar-refractivity contribution in [3.8, 4) is 33.4 Å². The first-order valence-corrected chi connectivity index (χ1v) is 45.6. The smallest absolute Gasteiger partial charge is 0.512 e. The van der Waals surface area contributed by atoms with Crippen molar-refractivity contribution in [3.05, 3.63) is 319 Å². The fourth-order valence-corrected chi connectivity index (χ4v) is 18.0. The van der Waals surface area contributed by atoms with Crippen LogP contribution in [-0.2, 0) is 63.2 Å². The summed E-state index contributed by atoms with van der Waals surface area (Å²) < 4.78 is 0. The van der Waals surface area contributed by atoms with Gasteiger partial charge in [-0.15, -0.1) is 105 Å². The number of hydrogen-bond acceptors (Lipinski definition) is 15. The minimum atomic E-state index is 0. The number of nitrogens with zero attached hydrogens (tertiary/aromatic N) is 15. The van der Waals surface area contributed by atoms with Gasteiger partial charge in [-0.1, -0.05) is 173 Å². The Hall–Kier alpha value is -10.2. The molecule has 16 rings (SSSR count). The zero-order valence-corrected chi connectivity index (χ0v) is 90.5. The van der Waals surface area contributed by atoms with Crippen LogP contribution in [0.15, 0.2) is 157 Å². The molecule has 0 saturated heterocycles. The Morgan fingerprint density at radius 3 is 0.735 bits per heavy atom. The van der Waals surface area contributed by atoms with Crippen LogP contribution in [-0.4, -0.2) is 52.1 Å². The standard InChI is InChI=1S/C39H45N4.C37H47N4.C35H43N4.3CN.3Pt/c1-24(2)29-19-33(25(3)4)39(34(20-29)26(5)6)30-17-31(42-22-40(9)35-13-11-12-14-36(35)42)21-32(18-30)43-23-41(10)37-15-27(7)28(8)16-38(37)43;1-22(2)29-17-33(23(3)4)37(34(18-29)24(5)6)30-15-31(40-20-38(11)27(9)28(40)10)19-32(16-30)41-21-39(12)35-13-25(7)26(8)14-36(35)41;1-22(2)27-17-31(23(3)4)35(32(18-27)24(5)6)28-15-29(38-12-11-36(9)20-38)19-30(16-28)39-21-37(10)33-13-25(7)26(8)14-34(33)39;3*1-2;;;/h11-20,22-26H,1-10H3;13-18,20-24H,1-12H3;11-18,20-24H,1-10H3;;;;;;/q3*-3;3*-1;3*+4. The number of hydrogen-bond donors (Lipinski definition) is 0. The van der Waals surface area contributed by atoms with Crippen LogP contribution in [0.5, 0.6) is 0 Å². The summed E-state index contributed by atoms with van der Waals surface area (Å²) in [6, 6.07) is 62.6. The second kappa shape index (κ2) is 44.8. The minimum absolute atomic E-state index is 0. The number of fused-ring (bicyclic) bond motifs is 4. The molecule has 0 unspecified atom stereocenters. The summed E-state index contributed by atoms with van der Waals surface area (Å²) in [6.45, 7) is 86.5. The molecular formula is C114H135N15Pt3. The molecule has 6 heterocycles. The predicted octanol–water partition coefficient (Wildman–Crippen LogP) is 30.0. The summed E-state index contributed by atoms with van der Waals surface area (Å²) in [5.41, 5.74) is 46.7. The summed E-state index contributed by atoms with van der Waals surface area (Å²) in [5, 5.41) is 18.8. The van der Waals surface area contributed by atoms with Crippen LogP contribution in [0.4, 0.5) is 79.6 Å². The van der Waals surface area contributed by atoms with Gasteiger partial charge < -0.3 is 94.3 Å². The summed E-state index contributed by atoms with van der Waals surface area (Å²) in [7, 11) is 12.7. The van der Waals surface area contributed by atoms with Crippen molar-refractivity contribution in [2.45, 2.75) is 233 Å². The molecule has 0 saturated carbocycles. The van der Waals surface area contributed by atoms with E-state index in [0.717, 1.165) is 34.1 Å². The molecule has 0 atom stereocenters. The van der Waals surface area contributed by atoms with E-state index in [4.69, 9.17) is 35.5 Å². The van der Waals surface area contributed by atoms with Gasteiger partial charge in [0, 0.05) is 51.2 Å². The van der Waals surface area contributed by atoms with Crippen LogP contribution in [0.3, 0.4) is 0 Å². The van der Waals surface area contributed by atoms with Gasteiger partial charge in [0.25, 0.3) is 0 Å². The van der Waals surface area contributed by atoms with E-state index in [9.17, 15) is 0 Å². The first-order chi connectivity index (χ1) is 61.2. The Balaban J connectivity index is 0.000000235. The maximum atomic E-state index is 6.25. The van der Waals surface area contributed by atoms with Crippen LogP contribution in [0.25, 0.3) is 33.4 Å². The molecule has 18 heteroatoms. The number of rotatable bonds is 18. The summed E-state index contributed by atoms with van der Waals surface area (Å²) in [5.74, 6) is 3.86. The van der Waals surface area contributed by atoms with Gasteiger partial charge in [0.1, 0.15) is 0 Å². The third-order valence-electron chi connectivity index (χ3n) is 26.2. The second-order valence-corrected chi connectivity index (χ2v) is 38.4. The van der Waals surface area contributed by atoms with Gasteiger partial charge in [-0.05, 0) is 318 Å². The van der Waals surface area contributed by atoms with E-state index in [0.29, 0.717) is 53.3 Å². The summed E-state index contributed by atoms with van der Waals surface area (Å²) in [4.78, 5) is 26.8. The van der Waals surface area contributed by atoms with E-state index in [1.54, 1.807) is 0 Å². The normalized spacial score (nSPS) is 14.1. The Bertz CT molecular complexity index is 5800. The van der Waals surface area contributed by atoms with Crippen molar-refractivity contribution in [3.63, 3.8) is 0 Å². The van der Waals surface area contributed by atoms with Crippen molar-refractivity contribution in [2.75, 3.05) is 91.3 Å². The van der Waals surface area contributed by atoms with Crippen LogP contribution >= 0.6 is 0 Å². The Kier molecular flexibility index (Phi) is 36.3. The molecule has 0 bridgehead atoms. The Morgan fingerprint density at radius 1 is 0.250 bits per heavy atom. The van der Waals surface area contributed by atoms with Crippen molar-refractivity contribution >= 4 is 79.6 Å². The zero-order valence-electron chi connectivity index (χ0n) is 83.7. The van der Waals surface area contributed by atoms with Crippen LogP contribution in [0.2, 0.25) is 0 Å². The summed E-state index contributed by atoms with van der Waals surface area (Å²) >= 11 is 0. The first-order valence-electron chi connectivity index (χ1n) is 45.6. The third kappa shape index (κ3) is 21.9. The largest absolute Gasteiger partial charge is 4.00 e. The van der Waals surface area contributed by atoms with E-state index < -0.39 is 0 Å². The molecule has 0 aromatic heterocycles. The van der Waals surface area contributed by atoms with Crippen LogP contribution < -0.4 is 49.0 Å². The van der Waals surface area contributed by atoms with Crippen LogP contribution in [0, 0.1) is 135 Å². The van der Waals surface area contributed by atoms with Gasteiger partial charge in [0.2, 0.25) is 0 Å². The minimum Gasteiger partial charge on any atom is -0.512 e. The van der Waals surface area contributed by atoms with Gasteiger partial charge >= 0.3 is 63.2 Å². The molecule has 0 aliphatic carbocycles. The SMILES string of the molecule is CC1=C(C)N(c2[c-]c(N3[CH-]N(C)c4cc(C)c(C)cc43)cc(-c3c(C(C)C)cc(C(C)C)cc3C(C)C)c2)[CH-]N1C.Cc1cc2c(cc1C)N(c1[c-]c(N3C=CN(C)[CH-]3)cc(-c3c(C(C)C)cc(C(C)C)cc3C(C)C)c1)[CH-]N2C.Cc1cc2c(cc1C)N(c1[c-]c(N3[CH-]N(C)c4ccccc43)cc(-c3c(C(C)C)cc(C(C)C)cc3C(C)C)c1)[CH-]N2C.[C-]#N.[C-]#N.[C-]#N.[Pt+4].[Pt+4].[Pt+4]. The number of para-hydroxylation sites is 2. The molecule has 132 heavy (non-hydrogen) atoms. The van der Waals surface area contributed by atoms with E-state index in [2.05, 4.69) is 485 Å². The van der Waals surface area contributed by atoms with Gasteiger partial charge in [0.15, 0.2) is 0 Å². The third-order valence-corrected chi connectivity index (χ3v) is 26.2. The average Bonchev–Trinajstić information content (AvgIpc) is 1.40. The van der Waals surface area contributed by atoms with Crippen molar-refractivity contribution in [1.82, 2.24) is 9.80 Å². The predicted molar refractivity (Wildman–Crippen MR) is 544 cm³/mol. The Labute approximate surface area is 838 Å².